The molecule has 2 aliphatic rings. The molecule has 0 saturated heterocycles. The zero-order valence-corrected chi connectivity index (χ0v) is 6.03. The molecule has 1 spiro atoms. The first-order valence-electron chi connectivity index (χ1n) is 4.26. The van der Waals surface area contributed by atoms with Crippen LogP contribution in [0.15, 0.2) is 0 Å². The zero-order valence-electron chi connectivity index (χ0n) is 6.03. The second-order valence-corrected chi connectivity index (χ2v) is 3.67. The van der Waals surface area contributed by atoms with Gasteiger partial charge in [-0.2, -0.15) is 0 Å². The molecule has 2 rings (SSSR count). The summed E-state index contributed by atoms with van der Waals surface area (Å²) < 4.78 is 0. The van der Waals surface area contributed by atoms with Crippen molar-refractivity contribution < 1.29 is 0 Å². The lowest BCUT2D eigenvalue weighted by atomic mass is 9.61. The van der Waals surface area contributed by atoms with E-state index in [4.69, 9.17) is 0 Å². The monoisotopic (exact) mass is 123 g/mol. The van der Waals surface area contributed by atoms with Crippen LogP contribution in [0.5, 0.6) is 0 Å². The molecule has 0 aromatic carbocycles. The molecular weight excluding hydrogens is 108 g/mol. The molecule has 0 heterocycles. The minimum absolute atomic E-state index is 0.776. The summed E-state index contributed by atoms with van der Waals surface area (Å²) in [5, 5.41) is 0. The third-order valence-electron chi connectivity index (χ3n) is 3.06. The summed E-state index contributed by atoms with van der Waals surface area (Å²) in [6, 6.07) is 0. The lowest BCUT2D eigenvalue weighted by Crippen LogP contribution is -2.31. The van der Waals surface area contributed by atoms with Gasteiger partial charge in [-0.3, -0.25) is 0 Å². The molecule has 0 amide bonds. The van der Waals surface area contributed by atoms with E-state index >= 15 is 0 Å². The highest BCUT2D eigenvalue weighted by molar-refractivity contribution is 5.00. The predicted molar refractivity (Wildman–Crippen MR) is 39.1 cm³/mol. The van der Waals surface area contributed by atoms with Crippen LogP contribution >= 0.6 is 0 Å². The molecule has 0 aromatic heterocycles. The Labute approximate surface area is 57.6 Å². The maximum absolute atomic E-state index is 2.60. The Morgan fingerprint density at radius 3 is 2.00 bits per heavy atom. The molecule has 0 unspecified atom stereocenters. The molecule has 0 N–H and O–H groups in total. The third-order valence-corrected chi connectivity index (χ3v) is 3.06. The normalized spacial score (nSPS) is 31.1. The number of rotatable bonds is 0. The average molecular weight is 123 g/mol. The van der Waals surface area contributed by atoms with E-state index in [2.05, 4.69) is 6.42 Å². The second kappa shape index (κ2) is 1.93. The molecule has 0 aromatic rings. The van der Waals surface area contributed by atoms with Crippen molar-refractivity contribution in [3.05, 3.63) is 6.42 Å². The van der Waals surface area contributed by atoms with Gasteiger partial charge in [-0.25, -0.2) is 0 Å². The van der Waals surface area contributed by atoms with Gasteiger partial charge >= 0.3 is 0 Å². The molecule has 0 radical (unpaired) electrons. The van der Waals surface area contributed by atoms with Crippen molar-refractivity contribution in [2.75, 3.05) is 0 Å². The van der Waals surface area contributed by atoms with Gasteiger partial charge in [0, 0.05) is 0 Å². The van der Waals surface area contributed by atoms with Crippen LogP contribution in [0.1, 0.15) is 44.9 Å². The van der Waals surface area contributed by atoms with Gasteiger partial charge in [0.25, 0.3) is 0 Å². The van der Waals surface area contributed by atoms with Crippen molar-refractivity contribution in [3.8, 4) is 0 Å². The topological polar surface area (TPSA) is 0 Å². The Bertz CT molecular complexity index is 92.6. The molecule has 2 aliphatic carbocycles. The van der Waals surface area contributed by atoms with Crippen LogP contribution in [0.2, 0.25) is 0 Å². The number of hydrogen-bond acceptors (Lipinski definition) is 0. The van der Waals surface area contributed by atoms with Crippen molar-refractivity contribution in [2.45, 2.75) is 44.9 Å². The van der Waals surface area contributed by atoms with Crippen molar-refractivity contribution >= 4 is 0 Å². The average Bonchev–Trinajstić information content (AvgIpc) is 1.87. The smallest absolute Gasteiger partial charge is 0.0446 e. The first-order chi connectivity index (χ1) is 4.41. The van der Waals surface area contributed by atoms with Gasteiger partial charge in [-0.15, -0.1) is 0 Å². The zero-order chi connectivity index (χ0) is 6.16. The predicted octanol–water partition coefficient (Wildman–Crippen LogP) is 2.93. The molecule has 2 fully saturated rings. The highest BCUT2D eigenvalue weighted by atomic mass is 14.4. The van der Waals surface area contributed by atoms with Crippen molar-refractivity contribution in [3.63, 3.8) is 0 Å². The van der Waals surface area contributed by atoms with E-state index in [0.717, 1.165) is 5.41 Å². The van der Waals surface area contributed by atoms with E-state index in [1.54, 1.807) is 0 Å². The number of hydrogen-bond donors (Lipinski definition) is 0. The van der Waals surface area contributed by atoms with Gasteiger partial charge in [0.15, 0.2) is 0 Å². The van der Waals surface area contributed by atoms with E-state index in [0.29, 0.717) is 0 Å². The first-order valence-corrected chi connectivity index (χ1v) is 4.26. The Hall–Kier alpha value is -0.130. The molecule has 0 aliphatic heterocycles. The second-order valence-electron chi connectivity index (χ2n) is 3.67. The van der Waals surface area contributed by atoms with Gasteiger partial charge < -0.3 is 0 Å². The van der Waals surface area contributed by atoms with Crippen molar-refractivity contribution in [2.24, 2.45) is 5.41 Å². The summed E-state index contributed by atoms with van der Waals surface area (Å²) in [5.41, 5.74) is 0.776. The quantitative estimate of drug-likeness (QED) is 0.434. The fraction of sp³-hybridized carbons (Fsp3) is 0.889. The largest absolute Gasteiger partial charge is 0.108 e. The highest BCUT2D eigenvalue weighted by Gasteiger charge is 2.45. The lowest BCUT2D eigenvalue weighted by molar-refractivity contribution is 0.135. The van der Waals surface area contributed by atoms with Gasteiger partial charge in [-0.1, -0.05) is 0 Å². The van der Waals surface area contributed by atoms with Crippen LogP contribution in [0, 0.1) is 11.8 Å². The van der Waals surface area contributed by atoms with Crippen LogP contribution in [-0.4, -0.2) is 0 Å². The maximum Gasteiger partial charge on any atom is 0.108 e. The SMILES string of the molecule is [CH+]1CCCCC12CCC2. The summed E-state index contributed by atoms with van der Waals surface area (Å²) in [5.74, 6) is 0. The molecule has 2 saturated carbocycles. The summed E-state index contributed by atoms with van der Waals surface area (Å²) in [6.45, 7) is 0. The minimum Gasteiger partial charge on any atom is -0.0446 e. The van der Waals surface area contributed by atoms with Crippen LogP contribution in [-0.2, 0) is 0 Å². The Morgan fingerprint density at radius 1 is 0.889 bits per heavy atom. The van der Waals surface area contributed by atoms with Gasteiger partial charge in [0.2, 0.25) is 0 Å². The van der Waals surface area contributed by atoms with Crippen LogP contribution in [0.4, 0.5) is 0 Å². The summed E-state index contributed by atoms with van der Waals surface area (Å²) in [7, 11) is 0. The summed E-state index contributed by atoms with van der Waals surface area (Å²) in [4.78, 5) is 0. The van der Waals surface area contributed by atoms with E-state index in [9.17, 15) is 0 Å². The van der Waals surface area contributed by atoms with Crippen LogP contribution in [0.25, 0.3) is 0 Å². The van der Waals surface area contributed by atoms with E-state index < -0.39 is 0 Å². The molecular formula is C9H15+. The molecule has 0 nitrogen and oxygen atoms in total. The standard InChI is InChI=1S/C9H15/c1-2-5-9(6-3-1)7-4-8-9/h5H,1-4,6-8H2/q+1. The third kappa shape index (κ3) is 0.849. The molecule has 9 heavy (non-hydrogen) atoms. The Kier molecular flexibility index (Phi) is 1.21. The fourth-order valence-corrected chi connectivity index (χ4v) is 2.22. The summed E-state index contributed by atoms with van der Waals surface area (Å²) in [6.07, 6.45) is 13.0. The van der Waals surface area contributed by atoms with Crippen LogP contribution < -0.4 is 0 Å². The Balaban J connectivity index is 1.93. The Morgan fingerprint density at radius 2 is 1.67 bits per heavy atom. The summed E-state index contributed by atoms with van der Waals surface area (Å²) >= 11 is 0. The maximum atomic E-state index is 2.60. The molecule has 50 valence electrons. The van der Waals surface area contributed by atoms with E-state index in [1.807, 2.05) is 0 Å². The van der Waals surface area contributed by atoms with Gasteiger partial charge in [0.1, 0.15) is 5.41 Å². The van der Waals surface area contributed by atoms with Crippen molar-refractivity contribution in [1.82, 2.24) is 0 Å². The van der Waals surface area contributed by atoms with E-state index in [1.165, 1.54) is 44.9 Å². The first kappa shape index (κ1) is 5.64. The molecule has 0 heteroatoms. The van der Waals surface area contributed by atoms with Gasteiger partial charge in [0.05, 0.1) is 12.8 Å². The lowest BCUT2D eigenvalue weighted by Gasteiger charge is -2.37. The fourth-order valence-electron chi connectivity index (χ4n) is 2.22. The highest BCUT2D eigenvalue weighted by Crippen LogP contribution is 2.50. The molecule has 0 atom stereocenters. The minimum atomic E-state index is 0.776. The van der Waals surface area contributed by atoms with Crippen LogP contribution in [0.3, 0.4) is 0 Å². The van der Waals surface area contributed by atoms with Crippen molar-refractivity contribution in [1.29, 1.82) is 0 Å². The molecule has 0 bridgehead atoms. The van der Waals surface area contributed by atoms with E-state index in [-0.39, 0.29) is 0 Å². The van der Waals surface area contributed by atoms with Gasteiger partial charge in [-0.05, 0) is 38.5 Å².